The molecule has 0 aliphatic rings. The lowest BCUT2D eigenvalue weighted by Gasteiger charge is -2.25. The minimum Gasteiger partial charge on any atom is -0.481 e. The van der Waals surface area contributed by atoms with Crippen molar-refractivity contribution in [3.05, 3.63) is 34.3 Å². The predicted octanol–water partition coefficient (Wildman–Crippen LogP) is 3.24. The van der Waals surface area contributed by atoms with Crippen LogP contribution in [0.5, 0.6) is 0 Å². The van der Waals surface area contributed by atoms with Crippen LogP contribution in [0.4, 0.5) is 0 Å². The summed E-state index contributed by atoms with van der Waals surface area (Å²) >= 11 is 3.37. The largest absolute Gasteiger partial charge is 0.481 e. The minimum absolute atomic E-state index is 0.269. The van der Waals surface area contributed by atoms with Gasteiger partial charge in [-0.3, -0.25) is 4.79 Å². The van der Waals surface area contributed by atoms with Gasteiger partial charge in [0, 0.05) is 4.47 Å². The summed E-state index contributed by atoms with van der Waals surface area (Å²) in [5.74, 6) is -1.42. The van der Waals surface area contributed by atoms with Gasteiger partial charge in [-0.15, -0.1) is 0 Å². The van der Waals surface area contributed by atoms with Crippen LogP contribution in [0.1, 0.15) is 32.3 Å². The van der Waals surface area contributed by atoms with E-state index >= 15 is 0 Å². The average molecular weight is 315 g/mol. The van der Waals surface area contributed by atoms with Crippen molar-refractivity contribution >= 4 is 21.9 Å². The highest BCUT2D eigenvalue weighted by Crippen LogP contribution is 2.24. The Morgan fingerprint density at radius 2 is 2.17 bits per heavy atom. The standard InChI is InChI=1S/C14H19BrO3/c1-3-14(2,18)9-11(13(16)17)7-10-5-4-6-12(15)8-10/h4-6,8,11,18H,3,7,9H2,1-2H3,(H,16,17). The Kier molecular flexibility index (Phi) is 5.35. The van der Waals surface area contributed by atoms with Crippen molar-refractivity contribution in [2.75, 3.05) is 0 Å². The molecule has 0 spiro atoms. The molecule has 2 N–H and O–H groups in total. The molecule has 1 rings (SSSR count). The Bertz CT molecular complexity index is 415. The number of halogens is 1. The highest BCUT2D eigenvalue weighted by molar-refractivity contribution is 9.10. The average Bonchev–Trinajstić information content (AvgIpc) is 2.28. The summed E-state index contributed by atoms with van der Waals surface area (Å²) in [5.41, 5.74) is 0.0402. The molecule has 4 heteroatoms. The zero-order valence-electron chi connectivity index (χ0n) is 10.7. The van der Waals surface area contributed by atoms with Crippen LogP contribution in [-0.2, 0) is 11.2 Å². The summed E-state index contributed by atoms with van der Waals surface area (Å²) in [5, 5.41) is 19.2. The Morgan fingerprint density at radius 3 is 2.67 bits per heavy atom. The normalized spacial score (nSPS) is 16.0. The predicted molar refractivity (Wildman–Crippen MR) is 74.5 cm³/mol. The molecule has 1 aromatic carbocycles. The quantitative estimate of drug-likeness (QED) is 0.847. The third kappa shape index (κ3) is 4.78. The molecule has 1 aromatic rings. The lowest BCUT2D eigenvalue weighted by atomic mass is 9.86. The van der Waals surface area contributed by atoms with E-state index in [0.29, 0.717) is 12.8 Å². The van der Waals surface area contributed by atoms with Crippen molar-refractivity contribution in [1.29, 1.82) is 0 Å². The molecule has 0 aliphatic carbocycles. The summed E-state index contributed by atoms with van der Waals surface area (Å²) in [4.78, 5) is 11.3. The first-order valence-corrected chi connectivity index (χ1v) is 6.83. The van der Waals surface area contributed by atoms with Crippen LogP contribution in [-0.4, -0.2) is 21.8 Å². The maximum atomic E-state index is 11.3. The maximum absolute atomic E-state index is 11.3. The number of aliphatic carboxylic acids is 1. The second-order valence-electron chi connectivity index (χ2n) is 4.92. The number of hydrogen-bond donors (Lipinski definition) is 2. The van der Waals surface area contributed by atoms with Crippen LogP contribution in [0.25, 0.3) is 0 Å². The number of carboxylic acid groups (broad SMARTS) is 1. The summed E-state index contributed by atoms with van der Waals surface area (Å²) < 4.78 is 0.936. The monoisotopic (exact) mass is 314 g/mol. The van der Waals surface area contributed by atoms with Gasteiger partial charge in [0.05, 0.1) is 11.5 Å². The smallest absolute Gasteiger partial charge is 0.306 e. The molecule has 0 amide bonds. The third-order valence-corrected chi connectivity index (χ3v) is 3.66. The van der Waals surface area contributed by atoms with Crippen LogP contribution >= 0.6 is 15.9 Å². The third-order valence-electron chi connectivity index (χ3n) is 3.17. The molecule has 0 heterocycles. The van der Waals surface area contributed by atoms with E-state index in [4.69, 9.17) is 0 Å². The molecule has 0 fully saturated rings. The van der Waals surface area contributed by atoms with E-state index in [1.54, 1.807) is 6.92 Å². The van der Waals surface area contributed by atoms with Crippen molar-refractivity contribution in [2.45, 2.75) is 38.7 Å². The van der Waals surface area contributed by atoms with Crippen molar-refractivity contribution in [3.63, 3.8) is 0 Å². The van der Waals surface area contributed by atoms with E-state index in [1.165, 1.54) is 0 Å². The second kappa shape index (κ2) is 6.34. The number of benzene rings is 1. The van der Waals surface area contributed by atoms with Gasteiger partial charge in [0.15, 0.2) is 0 Å². The molecule has 2 atom stereocenters. The zero-order chi connectivity index (χ0) is 13.8. The van der Waals surface area contributed by atoms with Crippen molar-refractivity contribution in [3.8, 4) is 0 Å². The Hall–Kier alpha value is -0.870. The van der Waals surface area contributed by atoms with Crippen LogP contribution in [0.15, 0.2) is 28.7 Å². The van der Waals surface area contributed by atoms with E-state index in [1.807, 2.05) is 31.2 Å². The van der Waals surface area contributed by atoms with Gasteiger partial charge >= 0.3 is 5.97 Å². The molecule has 18 heavy (non-hydrogen) atoms. The first-order chi connectivity index (χ1) is 8.34. The SMILES string of the molecule is CCC(C)(O)CC(Cc1cccc(Br)c1)C(=O)O. The van der Waals surface area contributed by atoms with Crippen LogP contribution in [0.2, 0.25) is 0 Å². The first-order valence-electron chi connectivity index (χ1n) is 6.03. The highest BCUT2D eigenvalue weighted by atomic mass is 79.9. The summed E-state index contributed by atoms with van der Waals surface area (Å²) in [6, 6.07) is 7.61. The fourth-order valence-electron chi connectivity index (χ4n) is 1.87. The number of carbonyl (C=O) groups is 1. The molecule has 0 saturated heterocycles. The fraction of sp³-hybridized carbons (Fsp3) is 0.500. The van der Waals surface area contributed by atoms with E-state index in [0.717, 1.165) is 10.0 Å². The summed E-state index contributed by atoms with van der Waals surface area (Å²) in [6.07, 6.45) is 1.26. The van der Waals surface area contributed by atoms with Gasteiger partial charge in [-0.05, 0) is 43.9 Å². The zero-order valence-corrected chi connectivity index (χ0v) is 12.3. The van der Waals surface area contributed by atoms with Gasteiger partial charge in [0.25, 0.3) is 0 Å². The molecule has 0 radical (unpaired) electrons. The lowest BCUT2D eigenvalue weighted by molar-refractivity contribution is -0.144. The molecule has 0 aliphatic heterocycles. The van der Waals surface area contributed by atoms with Gasteiger partial charge in [-0.1, -0.05) is 35.0 Å². The van der Waals surface area contributed by atoms with Crippen LogP contribution in [0.3, 0.4) is 0 Å². The molecule has 0 bridgehead atoms. The van der Waals surface area contributed by atoms with Crippen molar-refractivity contribution < 1.29 is 15.0 Å². The fourth-order valence-corrected chi connectivity index (χ4v) is 2.32. The molecule has 2 unspecified atom stereocenters. The van der Waals surface area contributed by atoms with Crippen molar-refractivity contribution in [1.82, 2.24) is 0 Å². The van der Waals surface area contributed by atoms with Crippen LogP contribution < -0.4 is 0 Å². The minimum atomic E-state index is -0.922. The maximum Gasteiger partial charge on any atom is 0.306 e. The topological polar surface area (TPSA) is 57.5 Å². The molecule has 0 aromatic heterocycles. The Balaban J connectivity index is 2.78. The molecular weight excluding hydrogens is 296 g/mol. The highest BCUT2D eigenvalue weighted by Gasteiger charge is 2.28. The number of aliphatic hydroxyl groups is 1. The van der Waals surface area contributed by atoms with Gasteiger partial charge in [-0.25, -0.2) is 0 Å². The number of carboxylic acids is 1. The first kappa shape index (κ1) is 15.2. The molecule has 3 nitrogen and oxygen atoms in total. The van der Waals surface area contributed by atoms with Gasteiger partial charge < -0.3 is 10.2 Å². The Labute approximate surface area is 116 Å². The van der Waals surface area contributed by atoms with Gasteiger partial charge in [0.1, 0.15) is 0 Å². The number of hydrogen-bond acceptors (Lipinski definition) is 2. The molecule has 0 saturated carbocycles. The summed E-state index contributed by atoms with van der Waals surface area (Å²) in [6.45, 7) is 3.54. The number of rotatable bonds is 6. The van der Waals surface area contributed by atoms with Crippen molar-refractivity contribution in [2.24, 2.45) is 5.92 Å². The van der Waals surface area contributed by atoms with E-state index in [-0.39, 0.29) is 6.42 Å². The molecule has 100 valence electrons. The van der Waals surface area contributed by atoms with Crippen LogP contribution in [0, 0.1) is 5.92 Å². The lowest BCUT2D eigenvalue weighted by Crippen LogP contribution is -2.31. The van der Waals surface area contributed by atoms with Gasteiger partial charge in [-0.2, -0.15) is 0 Å². The van der Waals surface area contributed by atoms with E-state index in [9.17, 15) is 15.0 Å². The van der Waals surface area contributed by atoms with E-state index < -0.39 is 17.5 Å². The van der Waals surface area contributed by atoms with E-state index in [2.05, 4.69) is 15.9 Å². The Morgan fingerprint density at radius 1 is 1.50 bits per heavy atom. The van der Waals surface area contributed by atoms with Gasteiger partial charge in [0.2, 0.25) is 0 Å². The summed E-state index contributed by atoms with van der Waals surface area (Å²) in [7, 11) is 0. The molecular formula is C14H19BrO3. The second-order valence-corrected chi connectivity index (χ2v) is 5.84.